The molecule has 0 spiro atoms. The summed E-state index contributed by atoms with van der Waals surface area (Å²) in [7, 11) is 0. The van der Waals surface area contributed by atoms with Crippen molar-refractivity contribution in [1.29, 1.82) is 0 Å². The van der Waals surface area contributed by atoms with Crippen LogP contribution in [0.25, 0.3) is 0 Å². The van der Waals surface area contributed by atoms with Gasteiger partial charge in [0.05, 0.1) is 18.1 Å². The lowest BCUT2D eigenvalue weighted by Gasteiger charge is -2.31. The molecule has 0 radical (unpaired) electrons. The summed E-state index contributed by atoms with van der Waals surface area (Å²) in [5.74, 6) is 2.28. The summed E-state index contributed by atoms with van der Waals surface area (Å²) in [5, 5.41) is 12.8. The first-order chi connectivity index (χ1) is 15.0. The van der Waals surface area contributed by atoms with Gasteiger partial charge in [0.15, 0.2) is 5.16 Å². The number of aromatic nitrogens is 3. The van der Waals surface area contributed by atoms with E-state index in [0.29, 0.717) is 22.4 Å². The smallest absolute Gasteiger partial charge is 0.237 e. The zero-order chi connectivity index (χ0) is 21.8. The summed E-state index contributed by atoms with van der Waals surface area (Å²) in [6.07, 6.45) is 3.93. The Kier molecular flexibility index (Phi) is 6.87. The van der Waals surface area contributed by atoms with Crippen LogP contribution in [-0.4, -0.2) is 39.0 Å². The summed E-state index contributed by atoms with van der Waals surface area (Å²) in [5.41, 5.74) is 0.710. The Morgan fingerprint density at radius 3 is 2.68 bits per heavy atom. The van der Waals surface area contributed by atoms with Crippen LogP contribution in [0.1, 0.15) is 32.4 Å². The van der Waals surface area contributed by atoms with Gasteiger partial charge in [0.25, 0.3) is 0 Å². The van der Waals surface area contributed by atoms with Crippen molar-refractivity contribution >= 4 is 40.9 Å². The van der Waals surface area contributed by atoms with Crippen LogP contribution in [0.3, 0.4) is 0 Å². The van der Waals surface area contributed by atoms with Gasteiger partial charge in [-0.3, -0.25) is 9.36 Å². The molecule has 1 aliphatic heterocycles. The molecule has 0 saturated carbocycles. The van der Waals surface area contributed by atoms with Gasteiger partial charge in [-0.1, -0.05) is 30.3 Å². The van der Waals surface area contributed by atoms with Gasteiger partial charge in [-0.05, 0) is 62.1 Å². The summed E-state index contributed by atoms with van der Waals surface area (Å²) in [6, 6.07) is 10.9. The second-order valence-corrected chi connectivity index (χ2v) is 9.62. The minimum Gasteiger partial charge on any atom is -0.467 e. The average Bonchev–Trinajstić information content (AvgIpc) is 3.41. The minimum absolute atomic E-state index is 0.104. The highest BCUT2D eigenvalue weighted by molar-refractivity contribution is 8.00. The largest absolute Gasteiger partial charge is 0.467 e. The zero-order valence-corrected chi connectivity index (χ0v) is 19.2. The number of hydrogen-bond donors (Lipinski definition) is 1. The number of nitrogens with one attached hydrogen (secondary N) is 1. The van der Waals surface area contributed by atoms with Crippen molar-refractivity contribution < 1.29 is 9.21 Å². The number of nitrogens with zero attached hydrogens (tertiary/aromatic N) is 4. The molecular weight excluding hydrogens is 434 g/mol. The maximum absolute atomic E-state index is 12.7. The van der Waals surface area contributed by atoms with E-state index in [1.165, 1.54) is 11.8 Å². The normalized spacial score (nSPS) is 15.8. The SMILES string of the molecule is CC1CCN(c2nnc(SC(C)C(=O)Nc3ccc(Cl)cc3)n2Cc2ccco2)CC1. The van der Waals surface area contributed by atoms with E-state index in [9.17, 15) is 4.79 Å². The van der Waals surface area contributed by atoms with Crippen molar-refractivity contribution in [2.45, 2.75) is 43.6 Å². The number of furan rings is 1. The Hall–Kier alpha value is -2.45. The number of thioether (sulfide) groups is 1. The monoisotopic (exact) mass is 459 g/mol. The second kappa shape index (κ2) is 9.78. The molecule has 0 bridgehead atoms. The van der Waals surface area contributed by atoms with Crippen LogP contribution < -0.4 is 10.2 Å². The molecule has 7 nitrogen and oxygen atoms in total. The van der Waals surface area contributed by atoms with Gasteiger partial charge in [0.1, 0.15) is 5.76 Å². The predicted molar refractivity (Wildman–Crippen MR) is 124 cm³/mol. The van der Waals surface area contributed by atoms with E-state index in [0.717, 1.165) is 43.6 Å². The quantitative estimate of drug-likeness (QED) is 0.505. The fourth-order valence-electron chi connectivity index (χ4n) is 3.50. The number of benzene rings is 1. The van der Waals surface area contributed by atoms with Crippen LogP contribution in [-0.2, 0) is 11.3 Å². The number of piperidine rings is 1. The van der Waals surface area contributed by atoms with Crippen LogP contribution in [0.15, 0.2) is 52.2 Å². The second-order valence-electron chi connectivity index (χ2n) is 7.87. The van der Waals surface area contributed by atoms with E-state index in [2.05, 4.69) is 27.3 Å². The molecule has 1 aliphatic rings. The van der Waals surface area contributed by atoms with Crippen LogP contribution in [0.2, 0.25) is 5.02 Å². The molecule has 31 heavy (non-hydrogen) atoms. The van der Waals surface area contributed by atoms with E-state index in [1.54, 1.807) is 30.5 Å². The first kappa shape index (κ1) is 21.8. The fraction of sp³-hybridized carbons (Fsp3) is 0.409. The van der Waals surface area contributed by atoms with Crippen LogP contribution in [0, 0.1) is 5.92 Å². The molecule has 1 saturated heterocycles. The first-order valence-corrected chi connectivity index (χ1v) is 11.7. The molecule has 1 unspecified atom stereocenters. The van der Waals surface area contributed by atoms with E-state index < -0.39 is 0 Å². The third-order valence-corrected chi connectivity index (χ3v) is 6.75. The summed E-state index contributed by atoms with van der Waals surface area (Å²) in [4.78, 5) is 15.0. The molecule has 9 heteroatoms. The Morgan fingerprint density at radius 1 is 1.26 bits per heavy atom. The topological polar surface area (TPSA) is 76.2 Å². The molecule has 1 aromatic carbocycles. The average molecular weight is 460 g/mol. The van der Waals surface area contributed by atoms with Gasteiger partial charge in [0, 0.05) is 23.8 Å². The number of rotatable bonds is 7. The molecule has 1 fully saturated rings. The molecule has 3 heterocycles. The van der Waals surface area contributed by atoms with Crippen LogP contribution in [0.4, 0.5) is 11.6 Å². The molecule has 164 valence electrons. The third-order valence-electron chi connectivity index (χ3n) is 5.42. The number of carbonyl (C=O) groups is 1. The van der Waals surface area contributed by atoms with Crippen molar-refractivity contribution in [3.63, 3.8) is 0 Å². The van der Waals surface area contributed by atoms with E-state index in [-0.39, 0.29) is 11.2 Å². The molecule has 1 amide bonds. The van der Waals surface area contributed by atoms with Crippen LogP contribution in [0.5, 0.6) is 0 Å². The maximum atomic E-state index is 12.7. The van der Waals surface area contributed by atoms with Crippen LogP contribution >= 0.6 is 23.4 Å². The number of amides is 1. The fourth-order valence-corrected chi connectivity index (χ4v) is 4.47. The number of carbonyl (C=O) groups excluding carboxylic acids is 1. The van der Waals surface area contributed by atoms with E-state index in [1.807, 2.05) is 23.6 Å². The summed E-state index contributed by atoms with van der Waals surface area (Å²) < 4.78 is 7.62. The van der Waals surface area contributed by atoms with Gasteiger partial charge in [-0.15, -0.1) is 10.2 Å². The van der Waals surface area contributed by atoms with E-state index in [4.69, 9.17) is 16.0 Å². The van der Waals surface area contributed by atoms with Gasteiger partial charge < -0.3 is 14.6 Å². The van der Waals surface area contributed by atoms with Gasteiger partial charge >= 0.3 is 0 Å². The lowest BCUT2D eigenvalue weighted by atomic mass is 10.00. The lowest BCUT2D eigenvalue weighted by Crippen LogP contribution is -2.35. The summed E-state index contributed by atoms with van der Waals surface area (Å²) in [6.45, 7) is 6.58. The highest BCUT2D eigenvalue weighted by atomic mass is 35.5. The Morgan fingerprint density at radius 2 is 2.00 bits per heavy atom. The number of halogens is 1. The van der Waals surface area contributed by atoms with Gasteiger partial charge in [-0.25, -0.2) is 0 Å². The summed E-state index contributed by atoms with van der Waals surface area (Å²) >= 11 is 7.31. The molecule has 0 aliphatic carbocycles. The van der Waals surface area contributed by atoms with Crippen molar-refractivity contribution in [2.75, 3.05) is 23.3 Å². The van der Waals surface area contributed by atoms with Crippen molar-refractivity contribution in [3.05, 3.63) is 53.4 Å². The third kappa shape index (κ3) is 5.43. The highest BCUT2D eigenvalue weighted by Gasteiger charge is 2.25. The number of anilines is 2. The highest BCUT2D eigenvalue weighted by Crippen LogP contribution is 2.29. The lowest BCUT2D eigenvalue weighted by molar-refractivity contribution is -0.115. The molecule has 1 atom stereocenters. The van der Waals surface area contributed by atoms with Gasteiger partial charge in [0.2, 0.25) is 11.9 Å². The van der Waals surface area contributed by atoms with E-state index >= 15 is 0 Å². The first-order valence-electron chi connectivity index (χ1n) is 10.4. The standard InChI is InChI=1S/C22H26ClN5O2S/c1-15-9-11-27(12-10-15)21-25-26-22(28(21)14-19-4-3-13-30-19)31-16(2)20(29)24-18-7-5-17(23)6-8-18/h3-8,13,15-16H,9-12,14H2,1-2H3,(H,24,29). The Labute approximate surface area is 191 Å². The molecule has 3 aromatic rings. The predicted octanol–water partition coefficient (Wildman–Crippen LogP) is 4.93. The van der Waals surface area contributed by atoms with Gasteiger partial charge in [-0.2, -0.15) is 0 Å². The zero-order valence-electron chi connectivity index (χ0n) is 17.6. The maximum Gasteiger partial charge on any atom is 0.237 e. The molecule has 2 aromatic heterocycles. The van der Waals surface area contributed by atoms with Crippen molar-refractivity contribution in [2.24, 2.45) is 5.92 Å². The Bertz CT molecular complexity index is 998. The molecular formula is C22H26ClN5O2S. The van der Waals surface area contributed by atoms with Crippen molar-refractivity contribution in [3.8, 4) is 0 Å². The molecule has 4 rings (SSSR count). The minimum atomic E-state index is -0.357. The molecule has 1 N–H and O–H groups in total. The Balaban J connectivity index is 1.51. The number of hydrogen-bond acceptors (Lipinski definition) is 6. The van der Waals surface area contributed by atoms with Crippen molar-refractivity contribution in [1.82, 2.24) is 14.8 Å².